The summed E-state index contributed by atoms with van der Waals surface area (Å²) in [5, 5.41) is -0.0850. The first-order chi connectivity index (χ1) is 8.42. The SMILES string of the molecule is Cn1cnc(N)c1S(=O)(=O)Nc1cccnc1Br. The molecule has 7 nitrogen and oxygen atoms in total. The van der Waals surface area contributed by atoms with E-state index in [1.165, 1.54) is 10.9 Å². The second-order valence-corrected chi connectivity index (χ2v) is 5.84. The molecule has 0 amide bonds. The van der Waals surface area contributed by atoms with Crippen LogP contribution in [0.15, 0.2) is 34.3 Å². The van der Waals surface area contributed by atoms with E-state index in [0.29, 0.717) is 10.3 Å². The van der Waals surface area contributed by atoms with E-state index in [-0.39, 0.29) is 10.8 Å². The van der Waals surface area contributed by atoms with Gasteiger partial charge in [0.25, 0.3) is 10.0 Å². The van der Waals surface area contributed by atoms with Crippen molar-refractivity contribution in [2.24, 2.45) is 7.05 Å². The predicted molar refractivity (Wildman–Crippen MR) is 70.4 cm³/mol. The number of aromatic nitrogens is 3. The number of anilines is 2. The lowest BCUT2D eigenvalue weighted by atomic mass is 10.4. The summed E-state index contributed by atoms with van der Waals surface area (Å²) in [5.74, 6) is -0.0509. The maximum atomic E-state index is 12.2. The average Bonchev–Trinajstić information content (AvgIpc) is 2.62. The summed E-state index contributed by atoms with van der Waals surface area (Å²) in [5.41, 5.74) is 5.87. The Morgan fingerprint density at radius 1 is 1.44 bits per heavy atom. The number of hydrogen-bond acceptors (Lipinski definition) is 5. The highest BCUT2D eigenvalue weighted by molar-refractivity contribution is 9.10. The molecule has 0 radical (unpaired) electrons. The second kappa shape index (κ2) is 4.58. The van der Waals surface area contributed by atoms with Crippen molar-refractivity contribution >= 4 is 37.5 Å². The molecule has 96 valence electrons. The summed E-state index contributed by atoms with van der Waals surface area (Å²) in [6.07, 6.45) is 2.88. The Kier molecular flexibility index (Phi) is 3.26. The average molecular weight is 332 g/mol. The third-order valence-electron chi connectivity index (χ3n) is 2.17. The molecule has 2 heterocycles. The highest BCUT2D eigenvalue weighted by Gasteiger charge is 2.23. The van der Waals surface area contributed by atoms with Crippen LogP contribution in [0.3, 0.4) is 0 Å². The quantitative estimate of drug-likeness (QED) is 0.815. The zero-order valence-electron chi connectivity index (χ0n) is 9.33. The van der Waals surface area contributed by atoms with Crippen LogP contribution in [0.4, 0.5) is 11.5 Å². The standard InChI is InChI=1S/C9H10BrN5O2S/c1-15-5-13-8(11)9(15)18(16,17)14-6-3-2-4-12-7(6)10/h2-5,14H,11H2,1H3. The van der Waals surface area contributed by atoms with Gasteiger partial charge in [-0.15, -0.1) is 0 Å². The van der Waals surface area contributed by atoms with Crippen molar-refractivity contribution in [3.63, 3.8) is 0 Å². The molecule has 0 aliphatic carbocycles. The van der Waals surface area contributed by atoms with Gasteiger partial charge < -0.3 is 10.3 Å². The molecule has 2 rings (SSSR count). The highest BCUT2D eigenvalue weighted by Crippen LogP contribution is 2.24. The Bertz CT molecular complexity index is 663. The molecule has 3 N–H and O–H groups in total. The van der Waals surface area contributed by atoms with Gasteiger partial charge in [-0.1, -0.05) is 0 Å². The predicted octanol–water partition coefficient (Wildman–Crippen LogP) is 0.961. The van der Waals surface area contributed by atoms with Crippen molar-refractivity contribution in [2.45, 2.75) is 5.03 Å². The molecule has 0 aromatic carbocycles. The number of pyridine rings is 1. The topological polar surface area (TPSA) is 103 Å². The zero-order valence-corrected chi connectivity index (χ0v) is 11.7. The third-order valence-corrected chi connectivity index (χ3v) is 4.29. The molecule has 18 heavy (non-hydrogen) atoms. The van der Waals surface area contributed by atoms with Crippen LogP contribution in [-0.4, -0.2) is 23.0 Å². The van der Waals surface area contributed by atoms with Gasteiger partial charge >= 0.3 is 0 Å². The highest BCUT2D eigenvalue weighted by atomic mass is 79.9. The van der Waals surface area contributed by atoms with Crippen LogP contribution < -0.4 is 10.5 Å². The number of imidazole rings is 1. The summed E-state index contributed by atoms with van der Waals surface area (Å²) in [7, 11) is -2.25. The summed E-state index contributed by atoms with van der Waals surface area (Å²) in [6, 6.07) is 3.20. The van der Waals surface area contributed by atoms with E-state index in [1.807, 2.05) is 0 Å². The number of nitrogens with one attached hydrogen (secondary N) is 1. The van der Waals surface area contributed by atoms with Gasteiger partial charge in [0, 0.05) is 13.2 Å². The molecule has 2 aromatic heterocycles. The minimum Gasteiger partial charge on any atom is -0.381 e. The Labute approximate surface area is 112 Å². The first kappa shape index (κ1) is 12.8. The molecule has 0 saturated heterocycles. The van der Waals surface area contributed by atoms with Gasteiger partial charge in [-0.05, 0) is 28.1 Å². The molecular weight excluding hydrogens is 322 g/mol. The van der Waals surface area contributed by atoms with Crippen LogP contribution in [0.1, 0.15) is 0 Å². The lowest BCUT2D eigenvalue weighted by molar-refractivity contribution is 0.592. The van der Waals surface area contributed by atoms with Gasteiger partial charge in [0.15, 0.2) is 10.8 Å². The van der Waals surface area contributed by atoms with Gasteiger partial charge in [0.2, 0.25) is 0 Å². The third kappa shape index (κ3) is 2.31. The Morgan fingerprint density at radius 3 is 2.72 bits per heavy atom. The first-order valence-corrected chi connectivity index (χ1v) is 7.09. The van der Waals surface area contributed by atoms with Gasteiger partial charge in [-0.3, -0.25) is 4.72 Å². The normalized spacial score (nSPS) is 11.4. The molecule has 0 bridgehead atoms. The molecule has 0 fully saturated rings. The summed E-state index contributed by atoms with van der Waals surface area (Å²) in [6.45, 7) is 0. The van der Waals surface area contributed by atoms with Crippen LogP contribution in [0.5, 0.6) is 0 Å². The summed E-state index contributed by atoms with van der Waals surface area (Å²) in [4.78, 5) is 7.67. The fourth-order valence-electron chi connectivity index (χ4n) is 1.42. The van der Waals surface area contributed by atoms with Gasteiger partial charge in [0.05, 0.1) is 12.0 Å². The Morgan fingerprint density at radius 2 is 2.17 bits per heavy atom. The smallest absolute Gasteiger partial charge is 0.281 e. The monoisotopic (exact) mass is 331 g/mol. The molecule has 0 unspecified atom stereocenters. The van der Waals surface area contributed by atoms with Crippen LogP contribution in [0.25, 0.3) is 0 Å². The van der Waals surface area contributed by atoms with Crippen LogP contribution in [-0.2, 0) is 17.1 Å². The zero-order chi connectivity index (χ0) is 13.3. The number of rotatable bonds is 3. The fraction of sp³-hybridized carbons (Fsp3) is 0.111. The Hall–Kier alpha value is -1.61. The summed E-state index contributed by atoms with van der Waals surface area (Å²) < 4.78 is 28.4. The van der Waals surface area contributed by atoms with E-state index in [9.17, 15) is 8.42 Å². The van der Waals surface area contributed by atoms with E-state index in [4.69, 9.17) is 5.73 Å². The van der Waals surface area contributed by atoms with Crippen LogP contribution in [0.2, 0.25) is 0 Å². The lowest BCUT2D eigenvalue weighted by Crippen LogP contribution is -2.18. The number of nitrogen functional groups attached to an aromatic ring is 1. The van der Waals surface area contributed by atoms with Crippen LogP contribution >= 0.6 is 15.9 Å². The fourth-order valence-corrected chi connectivity index (χ4v) is 3.21. The molecule has 9 heteroatoms. The number of sulfonamides is 1. The van der Waals surface area contributed by atoms with Crippen molar-refractivity contribution in [2.75, 3.05) is 10.5 Å². The van der Waals surface area contributed by atoms with E-state index < -0.39 is 10.0 Å². The van der Waals surface area contributed by atoms with Gasteiger partial charge in [0.1, 0.15) is 4.60 Å². The van der Waals surface area contributed by atoms with Crippen molar-refractivity contribution in [3.8, 4) is 0 Å². The van der Waals surface area contributed by atoms with E-state index in [2.05, 4.69) is 30.6 Å². The van der Waals surface area contributed by atoms with E-state index in [1.54, 1.807) is 25.4 Å². The molecular formula is C9H10BrN5O2S. The number of aryl methyl sites for hydroxylation is 1. The van der Waals surface area contributed by atoms with Crippen molar-refractivity contribution in [1.82, 2.24) is 14.5 Å². The maximum Gasteiger partial charge on any atom is 0.281 e. The maximum absolute atomic E-state index is 12.2. The molecule has 0 saturated carbocycles. The molecule has 2 aromatic rings. The molecule has 0 spiro atoms. The number of hydrogen-bond donors (Lipinski definition) is 2. The second-order valence-electron chi connectivity index (χ2n) is 3.49. The minimum absolute atomic E-state index is 0.0509. The van der Waals surface area contributed by atoms with Crippen molar-refractivity contribution in [3.05, 3.63) is 29.3 Å². The molecule has 0 aliphatic rings. The summed E-state index contributed by atoms with van der Waals surface area (Å²) >= 11 is 3.16. The number of nitrogens with two attached hydrogens (primary N) is 1. The van der Waals surface area contributed by atoms with Gasteiger partial charge in [-0.25, -0.2) is 9.97 Å². The molecule has 0 atom stereocenters. The minimum atomic E-state index is -3.80. The largest absolute Gasteiger partial charge is 0.381 e. The first-order valence-electron chi connectivity index (χ1n) is 4.82. The van der Waals surface area contributed by atoms with Gasteiger partial charge in [-0.2, -0.15) is 8.42 Å². The number of nitrogens with zero attached hydrogens (tertiary/aromatic N) is 3. The van der Waals surface area contributed by atoms with Crippen molar-refractivity contribution < 1.29 is 8.42 Å². The van der Waals surface area contributed by atoms with Crippen LogP contribution in [0, 0.1) is 0 Å². The van der Waals surface area contributed by atoms with E-state index in [0.717, 1.165) is 0 Å². The van der Waals surface area contributed by atoms with Crippen molar-refractivity contribution in [1.29, 1.82) is 0 Å². The lowest BCUT2D eigenvalue weighted by Gasteiger charge is -2.09. The Balaban J connectivity index is 2.43. The number of halogens is 1. The van der Waals surface area contributed by atoms with E-state index >= 15 is 0 Å². The molecule has 0 aliphatic heterocycles.